The van der Waals surface area contributed by atoms with E-state index < -0.39 is 47.4 Å². The zero-order chi connectivity index (χ0) is 47.5. The second-order valence-corrected chi connectivity index (χ2v) is 17.8. The molecule has 1 aliphatic rings. The van der Waals surface area contributed by atoms with Gasteiger partial charge in [0.05, 0.1) is 18.9 Å². The molecule has 4 bridgehead atoms. The van der Waals surface area contributed by atoms with Crippen molar-refractivity contribution in [2.24, 2.45) is 23.5 Å². The number of aromatic nitrogens is 2. The number of carbonyl (C=O) groups excluding carboxylic acids is 6. The Morgan fingerprint density at radius 1 is 0.939 bits per heavy atom. The highest BCUT2D eigenvalue weighted by molar-refractivity contribution is 6.30. The molecule has 4 aromatic carbocycles. The number of hydrogen-bond donors (Lipinski definition) is 3. The average Bonchev–Trinajstić information content (AvgIpc) is 3.83. The number of phenolic OH excluding ortho intramolecular Hbond substituents is 1. The maximum absolute atomic E-state index is 14.9. The number of Topliss-reactive ketones (excluding diaryl/α,β-unsaturated/α-hetero) is 4. The predicted octanol–water partition coefficient (Wildman–Crippen LogP) is 7.99. The van der Waals surface area contributed by atoms with Gasteiger partial charge in [-0.1, -0.05) is 80.4 Å². The molecule has 2 amide bonds. The first kappa shape index (κ1) is 49.0. The van der Waals surface area contributed by atoms with E-state index in [2.05, 4.69) is 10.3 Å². The molecule has 1 aliphatic heterocycles. The fourth-order valence-electron chi connectivity index (χ4n) is 8.27. The maximum Gasteiger partial charge on any atom is 0.226 e. The van der Waals surface area contributed by atoms with Crippen LogP contribution in [0.1, 0.15) is 86.8 Å². The molecule has 14 heteroatoms. The van der Waals surface area contributed by atoms with Crippen LogP contribution in [0.15, 0.2) is 104 Å². The highest BCUT2D eigenvalue weighted by atomic mass is 35.5. The second kappa shape index (κ2) is 22.6. The molecule has 346 valence electrons. The van der Waals surface area contributed by atoms with Gasteiger partial charge in [-0.3, -0.25) is 28.8 Å². The van der Waals surface area contributed by atoms with Gasteiger partial charge >= 0.3 is 0 Å². The summed E-state index contributed by atoms with van der Waals surface area (Å²) >= 11 is 6.08. The molecule has 1 aromatic heterocycles. The minimum atomic E-state index is -1.24. The molecule has 0 unspecified atom stereocenters. The molecular formula is C52H58ClN5O8. The van der Waals surface area contributed by atoms with Gasteiger partial charge in [-0.15, -0.1) is 0 Å². The Labute approximate surface area is 390 Å². The Morgan fingerprint density at radius 3 is 2.32 bits per heavy atom. The quantitative estimate of drug-likeness (QED) is 0.0574. The van der Waals surface area contributed by atoms with Crippen LogP contribution in [-0.4, -0.2) is 80.7 Å². The summed E-state index contributed by atoms with van der Waals surface area (Å²) in [6, 6.07) is 22.2. The Kier molecular flexibility index (Phi) is 16.8. The van der Waals surface area contributed by atoms with Crippen LogP contribution >= 0.6 is 11.6 Å². The number of carbonyl (C=O) groups is 6. The Balaban J connectivity index is 1.38. The maximum atomic E-state index is 14.9. The van der Waals surface area contributed by atoms with Crippen molar-refractivity contribution in [1.29, 1.82) is 0 Å². The molecule has 6 rings (SSSR count). The van der Waals surface area contributed by atoms with Crippen molar-refractivity contribution >= 4 is 46.5 Å². The van der Waals surface area contributed by atoms with Gasteiger partial charge in [0.1, 0.15) is 29.9 Å². The predicted molar refractivity (Wildman–Crippen MR) is 253 cm³/mol. The van der Waals surface area contributed by atoms with E-state index in [1.165, 1.54) is 24.9 Å². The third-order valence-corrected chi connectivity index (χ3v) is 12.6. The summed E-state index contributed by atoms with van der Waals surface area (Å²) in [5.41, 5.74) is 9.89. The van der Waals surface area contributed by atoms with Gasteiger partial charge in [0.2, 0.25) is 11.8 Å². The zero-order valence-electron chi connectivity index (χ0n) is 37.9. The van der Waals surface area contributed by atoms with Gasteiger partial charge < -0.3 is 30.4 Å². The summed E-state index contributed by atoms with van der Waals surface area (Å²) in [5.74, 6) is -4.25. The number of imidazole rings is 1. The lowest BCUT2D eigenvalue weighted by Crippen LogP contribution is -2.46. The lowest BCUT2D eigenvalue weighted by Gasteiger charge is -2.32. The smallest absolute Gasteiger partial charge is 0.226 e. The average molecular weight is 917 g/mol. The number of likely N-dealkylation sites (N-methyl/N-ethyl adjacent to an activating group) is 1. The van der Waals surface area contributed by atoms with Crippen LogP contribution in [0.4, 0.5) is 0 Å². The third-order valence-electron chi connectivity index (χ3n) is 12.4. The number of aromatic hydroxyl groups is 1. The molecule has 5 aromatic rings. The number of fused-ring (bicyclic) bond motifs is 5. The van der Waals surface area contributed by atoms with Gasteiger partial charge in [-0.25, -0.2) is 4.98 Å². The fraction of sp³-hybridized carbons (Fsp3) is 0.365. The van der Waals surface area contributed by atoms with Crippen molar-refractivity contribution in [1.82, 2.24) is 19.8 Å². The number of halogens is 1. The van der Waals surface area contributed by atoms with Crippen LogP contribution in [0.25, 0.3) is 22.3 Å². The number of nitrogens with zero attached hydrogens (tertiary/aromatic N) is 3. The van der Waals surface area contributed by atoms with Gasteiger partial charge in [-0.2, -0.15) is 0 Å². The summed E-state index contributed by atoms with van der Waals surface area (Å²) in [6.45, 7) is 5.74. The topological polar surface area (TPSA) is 191 Å². The molecule has 0 aliphatic carbocycles. The lowest BCUT2D eigenvalue weighted by atomic mass is 9.87. The molecule has 2 heterocycles. The Hall–Kier alpha value is -6.44. The van der Waals surface area contributed by atoms with Crippen molar-refractivity contribution in [3.05, 3.63) is 125 Å². The van der Waals surface area contributed by atoms with Crippen molar-refractivity contribution in [2.75, 3.05) is 20.2 Å². The van der Waals surface area contributed by atoms with E-state index in [9.17, 15) is 33.9 Å². The summed E-state index contributed by atoms with van der Waals surface area (Å²) in [7, 11) is 1.53. The van der Waals surface area contributed by atoms with Crippen molar-refractivity contribution in [3.63, 3.8) is 0 Å². The number of ether oxygens (including phenoxy) is 1. The standard InChI is InChI=1S/C52H58ClN5O8/c1-32(34(3)59)25-47(62)44-28-35-8-18-45(60)42(27-35)43-29-39(15-19-49(43)66-24-23-58-22-21-55-31-58)50(48(63)26-33(2)51(64)56-44)57(4)52(65)40(7-5-6-20-54)30-46(61)38-11-9-36(10-12-38)37-13-16-41(53)17-14-37/h8-19,21-22,27,29,31-33,40,44,50,60H,5-7,20,23-26,28,30,54H2,1-4H3,(H,56,64)/t32-,33-,40-,44+,50+/m1/s1. The van der Waals surface area contributed by atoms with E-state index in [0.29, 0.717) is 70.9 Å². The fourth-order valence-corrected chi connectivity index (χ4v) is 8.40. The first-order valence-corrected chi connectivity index (χ1v) is 22.8. The number of unbranched alkanes of at least 4 members (excludes halogenated alkanes) is 1. The molecule has 5 atom stereocenters. The van der Waals surface area contributed by atoms with E-state index in [-0.39, 0.29) is 55.4 Å². The number of hydrogen-bond acceptors (Lipinski definition) is 10. The van der Waals surface area contributed by atoms with Crippen molar-refractivity contribution < 1.29 is 38.6 Å². The lowest BCUT2D eigenvalue weighted by molar-refractivity contribution is -0.142. The van der Waals surface area contributed by atoms with E-state index >= 15 is 0 Å². The zero-order valence-corrected chi connectivity index (χ0v) is 38.6. The summed E-state index contributed by atoms with van der Waals surface area (Å²) < 4.78 is 8.18. The van der Waals surface area contributed by atoms with Crippen LogP contribution in [0.5, 0.6) is 11.5 Å². The minimum absolute atomic E-state index is 0.0519. The third kappa shape index (κ3) is 12.5. The number of nitrogens with two attached hydrogens (primary N) is 1. The summed E-state index contributed by atoms with van der Waals surface area (Å²) in [6.07, 6.45) is 6.18. The molecule has 0 radical (unpaired) electrons. The number of ketones is 4. The Morgan fingerprint density at radius 2 is 1.65 bits per heavy atom. The van der Waals surface area contributed by atoms with Crippen LogP contribution in [-0.2, 0) is 36.9 Å². The highest BCUT2D eigenvalue weighted by Gasteiger charge is 2.36. The Bertz CT molecular complexity index is 2520. The SMILES string of the molecule is CC(=O)[C@H](C)CC(=O)[C@@H]1Cc2ccc(O)c(c2)-c2cc(ccc2OCCn2ccnc2)[C@H](N(C)C(=O)[C@H](CCCCN)CC(=O)c2ccc(-c3ccc(Cl)cc3)cc2)C(=O)C[C@@H](C)C(=O)N1. The number of rotatable bonds is 18. The second-order valence-electron chi connectivity index (χ2n) is 17.3. The minimum Gasteiger partial charge on any atom is -0.507 e. The number of phenols is 1. The number of nitrogens with one attached hydrogen (secondary N) is 1. The summed E-state index contributed by atoms with van der Waals surface area (Å²) in [4.78, 5) is 88.9. The first-order chi connectivity index (χ1) is 31.6. The number of benzene rings is 4. The first-order valence-electron chi connectivity index (χ1n) is 22.4. The van der Waals surface area contributed by atoms with Crippen LogP contribution < -0.4 is 15.8 Å². The molecular weight excluding hydrogens is 858 g/mol. The highest BCUT2D eigenvalue weighted by Crippen LogP contribution is 2.40. The van der Waals surface area contributed by atoms with Crippen molar-refractivity contribution in [2.45, 2.75) is 84.3 Å². The summed E-state index contributed by atoms with van der Waals surface area (Å²) in [5, 5.41) is 14.9. The van der Waals surface area contributed by atoms with Crippen LogP contribution in [0, 0.1) is 17.8 Å². The molecule has 0 fully saturated rings. The van der Waals surface area contributed by atoms with E-state index in [1.54, 1.807) is 87.2 Å². The van der Waals surface area contributed by atoms with Crippen LogP contribution in [0.3, 0.4) is 0 Å². The normalized spacial score (nSPS) is 17.2. The van der Waals surface area contributed by atoms with E-state index in [4.69, 9.17) is 22.1 Å². The van der Waals surface area contributed by atoms with E-state index in [1.807, 2.05) is 28.8 Å². The van der Waals surface area contributed by atoms with E-state index in [0.717, 1.165) is 11.1 Å². The van der Waals surface area contributed by atoms with Gasteiger partial charge in [0, 0.05) is 78.2 Å². The molecule has 66 heavy (non-hydrogen) atoms. The molecule has 0 saturated heterocycles. The molecule has 0 spiro atoms. The molecule has 4 N–H and O–H groups in total. The van der Waals surface area contributed by atoms with Gasteiger partial charge in [-0.05, 0) is 91.4 Å². The van der Waals surface area contributed by atoms with Crippen molar-refractivity contribution in [3.8, 4) is 33.8 Å². The monoisotopic (exact) mass is 915 g/mol. The van der Waals surface area contributed by atoms with Gasteiger partial charge in [0.15, 0.2) is 17.3 Å². The largest absolute Gasteiger partial charge is 0.507 e. The number of amides is 2. The van der Waals surface area contributed by atoms with Gasteiger partial charge in [0.25, 0.3) is 0 Å². The molecule has 13 nitrogen and oxygen atoms in total. The van der Waals surface area contributed by atoms with Crippen LogP contribution in [0.2, 0.25) is 5.02 Å². The molecule has 0 saturated carbocycles.